The molecule has 0 aliphatic carbocycles. The third-order valence-corrected chi connectivity index (χ3v) is 8.23. The number of carbonyl (C=O) groups excluding carboxylic acids is 1. The maximum Gasteiger partial charge on any atom is 0.252 e. The Morgan fingerprint density at radius 2 is 1.76 bits per heavy atom. The first-order valence-electron chi connectivity index (χ1n) is 14.4. The molecular weight excluding hydrogens is 641 g/mol. The maximum atomic E-state index is 14.5. The Labute approximate surface area is 268 Å². The molecule has 0 radical (unpaired) electrons. The first-order valence-corrected chi connectivity index (χ1v) is 15.2. The smallest absolute Gasteiger partial charge is 0.252 e. The molecule has 2 atom stereocenters. The lowest BCUT2D eigenvalue weighted by atomic mass is 9.80. The van der Waals surface area contributed by atoms with E-state index in [4.69, 9.17) is 25.1 Å². The van der Waals surface area contributed by atoms with E-state index >= 15 is 0 Å². The van der Waals surface area contributed by atoms with Crippen molar-refractivity contribution in [2.45, 2.75) is 37.6 Å². The number of hydrogen-bond acceptors (Lipinski definition) is 6. The molecule has 45 heavy (non-hydrogen) atoms. The topological polar surface area (TPSA) is 129 Å². The van der Waals surface area contributed by atoms with Crippen LogP contribution < -0.4 is 10.1 Å². The standard InChI is InChI=1S/C34H31BrFN5O4/c35-30-9-4-2-6-25(30)20-34(33(43)38-21-23-10-14-27(36)15-11-23)31(29-8-3-1-7-26(29)22-39-41-37)45-32(40-34)24-12-16-28(17-13-24)44-19-5-18-42/h1-4,6-17,31,42H,5,18-22H2,(H,38,43)/t31-,34-/m1/s1. The number of aliphatic hydroxyl groups excluding tert-OH is 1. The first-order chi connectivity index (χ1) is 21.9. The number of rotatable bonds is 13. The van der Waals surface area contributed by atoms with Crippen molar-refractivity contribution in [1.29, 1.82) is 0 Å². The number of hydrogen-bond donors (Lipinski definition) is 2. The fourth-order valence-electron chi connectivity index (χ4n) is 5.17. The predicted molar refractivity (Wildman–Crippen MR) is 172 cm³/mol. The van der Waals surface area contributed by atoms with Gasteiger partial charge >= 0.3 is 0 Å². The van der Waals surface area contributed by atoms with Crippen molar-refractivity contribution in [3.8, 4) is 5.75 Å². The quantitative estimate of drug-likeness (QED) is 0.0688. The van der Waals surface area contributed by atoms with Crippen molar-refractivity contribution in [2.24, 2.45) is 10.1 Å². The van der Waals surface area contributed by atoms with Crippen LogP contribution in [0.2, 0.25) is 0 Å². The Bertz CT molecular complexity index is 1710. The van der Waals surface area contributed by atoms with Crippen molar-refractivity contribution in [1.82, 2.24) is 5.32 Å². The average molecular weight is 673 g/mol. The molecule has 1 amide bonds. The van der Waals surface area contributed by atoms with Crippen LogP contribution in [0.1, 0.15) is 40.3 Å². The second kappa shape index (κ2) is 14.9. The molecule has 0 saturated carbocycles. The number of nitrogens with zero attached hydrogens (tertiary/aromatic N) is 4. The number of amides is 1. The molecule has 0 bridgehead atoms. The number of carbonyl (C=O) groups is 1. The summed E-state index contributed by atoms with van der Waals surface area (Å²) in [5, 5.41) is 15.9. The summed E-state index contributed by atoms with van der Waals surface area (Å²) in [4.78, 5) is 22.5. The molecule has 0 spiro atoms. The molecule has 0 fully saturated rings. The highest BCUT2D eigenvalue weighted by Gasteiger charge is 2.54. The van der Waals surface area contributed by atoms with Crippen LogP contribution in [0, 0.1) is 5.82 Å². The van der Waals surface area contributed by atoms with Gasteiger partial charge in [0.2, 0.25) is 5.90 Å². The van der Waals surface area contributed by atoms with Crippen LogP contribution >= 0.6 is 15.9 Å². The van der Waals surface area contributed by atoms with Crippen LogP contribution in [0.15, 0.2) is 112 Å². The van der Waals surface area contributed by atoms with Gasteiger partial charge in [-0.2, -0.15) is 0 Å². The number of nitrogens with one attached hydrogen (secondary N) is 1. The van der Waals surface area contributed by atoms with Gasteiger partial charge in [0.1, 0.15) is 11.6 Å². The average Bonchev–Trinajstić information content (AvgIpc) is 3.45. The lowest BCUT2D eigenvalue weighted by Gasteiger charge is -2.32. The molecule has 230 valence electrons. The Morgan fingerprint density at radius 3 is 2.47 bits per heavy atom. The zero-order valence-electron chi connectivity index (χ0n) is 24.3. The number of halogens is 2. The molecule has 9 nitrogen and oxygen atoms in total. The summed E-state index contributed by atoms with van der Waals surface area (Å²) in [6, 6.07) is 28.1. The van der Waals surface area contributed by atoms with Crippen LogP contribution in [0.3, 0.4) is 0 Å². The minimum Gasteiger partial charge on any atom is -0.494 e. The van der Waals surface area contributed by atoms with Gasteiger partial charge in [0.15, 0.2) is 11.6 Å². The number of benzene rings is 4. The Hall–Kier alpha value is -4.70. The second-order valence-corrected chi connectivity index (χ2v) is 11.3. The molecule has 0 unspecified atom stereocenters. The van der Waals surface area contributed by atoms with E-state index in [1.807, 2.05) is 48.5 Å². The molecule has 4 aromatic carbocycles. The summed E-state index contributed by atoms with van der Waals surface area (Å²) in [6.45, 7) is 0.618. The zero-order chi connectivity index (χ0) is 31.6. The summed E-state index contributed by atoms with van der Waals surface area (Å²) in [5.41, 5.74) is 11.2. The molecule has 2 N–H and O–H groups in total. The molecule has 1 heterocycles. The minimum absolute atomic E-state index is 0.0358. The van der Waals surface area contributed by atoms with Crippen molar-refractivity contribution < 1.29 is 23.8 Å². The van der Waals surface area contributed by atoms with Gasteiger partial charge in [-0.15, -0.1) is 0 Å². The van der Waals surface area contributed by atoms with Gasteiger partial charge in [-0.05, 0) is 70.2 Å². The minimum atomic E-state index is -1.48. The van der Waals surface area contributed by atoms with Crippen molar-refractivity contribution in [2.75, 3.05) is 13.2 Å². The number of aliphatic imine (C=N–C) groups is 1. The highest BCUT2D eigenvalue weighted by Crippen LogP contribution is 2.44. The maximum absolute atomic E-state index is 14.5. The van der Waals surface area contributed by atoms with E-state index in [0.29, 0.717) is 35.5 Å². The lowest BCUT2D eigenvalue weighted by Crippen LogP contribution is -2.50. The van der Waals surface area contributed by atoms with Crippen LogP contribution in [-0.4, -0.2) is 35.7 Å². The van der Waals surface area contributed by atoms with Crippen LogP contribution in [-0.2, 0) is 29.0 Å². The van der Waals surface area contributed by atoms with Crippen molar-refractivity contribution >= 4 is 27.7 Å². The van der Waals surface area contributed by atoms with Crippen molar-refractivity contribution in [3.05, 3.63) is 146 Å². The second-order valence-electron chi connectivity index (χ2n) is 10.5. The summed E-state index contributed by atoms with van der Waals surface area (Å²) in [6.07, 6.45) is -0.201. The van der Waals surface area contributed by atoms with Gasteiger partial charge < -0.3 is 19.9 Å². The van der Waals surface area contributed by atoms with E-state index in [2.05, 4.69) is 31.3 Å². The Balaban J connectivity index is 1.60. The fraction of sp³-hybridized carbons (Fsp3) is 0.235. The number of aliphatic hydroxyl groups is 1. The van der Waals surface area contributed by atoms with Gasteiger partial charge in [-0.1, -0.05) is 75.6 Å². The van der Waals surface area contributed by atoms with E-state index in [1.54, 1.807) is 36.4 Å². The van der Waals surface area contributed by atoms with E-state index < -0.39 is 11.6 Å². The van der Waals surface area contributed by atoms with E-state index in [1.165, 1.54) is 12.1 Å². The van der Waals surface area contributed by atoms with Crippen LogP contribution in [0.4, 0.5) is 4.39 Å². The van der Waals surface area contributed by atoms with Crippen LogP contribution in [0.5, 0.6) is 5.75 Å². The Morgan fingerprint density at radius 1 is 1.04 bits per heavy atom. The predicted octanol–water partition coefficient (Wildman–Crippen LogP) is 6.98. The van der Waals surface area contributed by atoms with Gasteiger partial charge in [-0.25, -0.2) is 9.38 Å². The molecule has 4 aromatic rings. The molecular formula is C34H31BrFN5O4. The van der Waals surface area contributed by atoms with Crippen LogP contribution in [0.25, 0.3) is 10.4 Å². The summed E-state index contributed by atoms with van der Waals surface area (Å²) in [5.74, 6) is 0.142. The fourth-order valence-corrected chi connectivity index (χ4v) is 5.60. The molecule has 1 aliphatic rings. The van der Waals surface area contributed by atoms with Gasteiger partial charge in [0.25, 0.3) is 5.91 Å². The summed E-state index contributed by atoms with van der Waals surface area (Å²) < 4.78 is 26.7. The monoisotopic (exact) mass is 671 g/mol. The molecule has 11 heteroatoms. The zero-order valence-corrected chi connectivity index (χ0v) is 25.9. The van der Waals surface area contributed by atoms with Gasteiger partial charge in [-0.3, -0.25) is 4.79 Å². The number of azide groups is 1. The van der Waals surface area contributed by atoms with E-state index in [-0.39, 0.29) is 43.7 Å². The normalized spacial score (nSPS) is 17.1. The van der Waals surface area contributed by atoms with Gasteiger partial charge in [0, 0.05) is 40.9 Å². The number of ether oxygens (including phenoxy) is 2. The Kier molecular flexibility index (Phi) is 10.5. The third kappa shape index (κ3) is 7.51. The summed E-state index contributed by atoms with van der Waals surface area (Å²) in [7, 11) is 0. The highest BCUT2D eigenvalue weighted by atomic mass is 79.9. The lowest BCUT2D eigenvalue weighted by molar-refractivity contribution is -0.129. The van der Waals surface area contributed by atoms with Crippen molar-refractivity contribution in [3.63, 3.8) is 0 Å². The molecule has 0 aromatic heterocycles. The molecule has 0 saturated heterocycles. The molecule has 1 aliphatic heterocycles. The molecule has 5 rings (SSSR count). The largest absolute Gasteiger partial charge is 0.494 e. The summed E-state index contributed by atoms with van der Waals surface area (Å²) >= 11 is 3.64. The highest BCUT2D eigenvalue weighted by molar-refractivity contribution is 9.10. The van der Waals surface area contributed by atoms with E-state index in [0.717, 1.165) is 15.6 Å². The SMILES string of the molecule is [N-]=[N+]=NCc1ccccc1[C@H]1OC(c2ccc(OCCCO)cc2)=N[C@@]1(Cc1ccccc1Br)C(=O)NCc1ccc(F)cc1. The van der Waals surface area contributed by atoms with E-state index in [9.17, 15) is 9.18 Å². The third-order valence-electron chi connectivity index (χ3n) is 7.46. The first kappa shape index (κ1) is 31.7. The van der Waals surface area contributed by atoms with Gasteiger partial charge in [0.05, 0.1) is 13.2 Å².